The number of rotatable bonds is 4. The molecule has 1 unspecified atom stereocenters. The molecule has 22 heavy (non-hydrogen) atoms. The number of anilines is 1. The summed E-state index contributed by atoms with van der Waals surface area (Å²) in [5, 5.41) is 4.20. The Labute approximate surface area is 137 Å². The fraction of sp³-hybridized carbons (Fsp3) is 0.278. The third kappa shape index (κ3) is 3.29. The van der Waals surface area contributed by atoms with E-state index >= 15 is 0 Å². The van der Waals surface area contributed by atoms with Crippen molar-refractivity contribution in [2.45, 2.75) is 19.9 Å². The van der Waals surface area contributed by atoms with E-state index in [2.05, 4.69) is 71.7 Å². The molecule has 114 valence electrons. The van der Waals surface area contributed by atoms with E-state index < -0.39 is 0 Å². The molecule has 2 aromatic carbocycles. The van der Waals surface area contributed by atoms with Gasteiger partial charge in [0, 0.05) is 5.56 Å². The first-order valence-electron chi connectivity index (χ1n) is 7.78. The largest absolute Gasteiger partial charge is 0.315 e. The maximum atomic E-state index is 5.54. The predicted octanol–water partition coefficient (Wildman–Crippen LogP) is 1.94. The summed E-state index contributed by atoms with van der Waals surface area (Å²) in [6.45, 7) is 4.96. The number of hydrogen-bond donors (Lipinski definition) is 2. The molecule has 3 rings (SSSR count). The number of para-hydroxylation sites is 1. The Hall–Kier alpha value is -1.91. The predicted molar refractivity (Wildman–Crippen MR) is 94.9 cm³/mol. The molecule has 3 nitrogen and oxygen atoms in total. The molecule has 1 saturated heterocycles. The van der Waals surface area contributed by atoms with E-state index in [1.807, 2.05) is 0 Å². The summed E-state index contributed by atoms with van der Waals surface area (Å²) in [4.78, 5) is 3.70. The van der Waals surface area contributed by atoms with Crippen molar-refractivity contribution in [2.75, 3.05) is 18.2 Å². The molecule has 0 bridgehead atoms. The van der Waals surface area contributed by atoms with Crippen molar-refractivity contribution in [1.82, 2.24) is 5.32 Å². The van der Waals surface area contributed by atoms with Gasteiger partial charge in [0.05, 0.1) is 5.69 Å². The summed E-state index contributed by atoms with van der Waals surface area (Å²) in [7, 11) is 0. The summed E-state index contributed by atoms with van der Waals surface area (Å²) in [6, 6.07) is 19.2. The van der Waals surface area contributed by atoms with Crippen LogP contribution in [0.1, 0.15) is 18.1 Å². The summed E-state index contributed by atoms with van der Waals surface area (Å²) < 4.78 is 0. The van der Waals surface area contributed by atoms with E-state index in [0.29, 0.717) is 0 Å². The molecule has 1 heterocycles. The number of nitrogens with zero attached hydrogens (tertiary/aromatic N) is 1. The zero-order valence-corrected chi connectivity index (χ0v) is 13.7. The van der Waals surface area contributed by atoms with Crippen LogP contribution >= 0.6 is 12.2 Å². The van der Waals surface area contributed by atoms with Gasteiger partial charge >= 0.3 is 0 Å². The molecule has 0 saturated carbocycles. The van der Waals surface area contributed by atoms with Crippen LogP contribution in [0, 0.1) is 0 Å². The third-order valence-corrected chi connectivity index (χ3v) is 4.44. The highest BCUT2D eigenvalue weighted by atomic mass is 32.1. The topological polar surface area (TPSA) is 19.7 Å². The maximum Gasteiger partial charge on any atom is 0.182 e. The van der Waals surface area contributed by atoms with Gasteiger partial charge in [-0.25, -0.2) is 0 Å². The second-order valence-electron chi connectivity index (χ2n) is 5.64. The fourth-order valence-corrected chi connectivity index (χ4v) is 3.15. The van der Waals surface area contributed by atoms with Crippen LogP contribution in [0.5, 0.6) is 0 Å². The lowest BCUT2D eigenvalue weighted by atomic mass is 10.1. The quantitative estimate of drug-likeness (QED) is 0.842. The smallest absolute Gasteiger partial charge is 0.182 e. The number of benzene rings is 2. The van der Waals surface area contributed by atoms with Crippen molar-refractivity contribution in [3.8, 4) is 0 Å². The lowest BCUT2D eigenvalue weighted by Gasteiger charge is -2.36. The normalized spacial score (nSPS) is 18.1. The van der Waals surface area contributed by atoms with Crippen molar-refractivity contribution in [2.24, 2.45) is 0 Å². The van der Waals surface area contributed by atoms with Crippen LogP contribution in [0.2, 0.25) is 0 Å². The standard InChI is InChI=1S/C18H21N3S/c1-2-16-10-6-7-11-17(16)21-14-20(13-19-18(21)22)12-15-8-4-3-5-9-15/h3-11H,2,12-14H2,1H3,(H,19,22)/p+1. The maximum absolute atomic E-state index is 5.54. The number of hydrogen-bond acceptors (Lipinski definition) is 1. The SMILES string of the molecule is CCc1ccccc1N1C[NH+](Cc2ccccc2)CNC1=S. The summed E-state index contributed by atoms with van der Waals surface area (Å²) in [5.74, 6) is 0. The molecule has 2 N–H and O–H groups in total. The average molecular weight is 312 g/mol. The monoisotopic (exact) mass is 312 g/mol. The lowest BCUT2D eigenvalue weighted by molar-refractivity contribution is -0.916. The van der Waals surface area contributed by atoms with Crippen LogP contribution in [0.15, 0.2) is 54.6 Å². The minimum atomic E-state index is 0.831. The lowest BCUT2D eigenvalue weighted by Crippen LogP contribution is -3.16. The minimum Gasteiger partial charge on any atom is -0.315 e. The zero-order valence-electron chi connectivity index (χ0n) is 12.9. The molecule has 0 radical (unpaired) electrons. The van der Waals surface area contributed by atoms with Gasteiger partial charge in [0.15, 0.2) is 18.4 Å². The highest BCUT2D eigenvalue weighted by Crippen LogP contribution is 2.20. The molecule has 1 fully saturated rings. The van der Waals surface area contributed by atoms with Crippen LogP contribution < -0.4 is 15.1 Å². The molecular formula is C18H22N3S+. The van der Waals surface area contributed by atoms with Crippen LogP contribution in [0.4, 0.5) is 5.69 Å². The molecule has 1 aliphatic heterocycles. The zero-order chi connectivity index (χ0) is 15.4. The van der Waals surface area contributed by atoms with Gasteiger partial charge < -0.3 is 5.32 Å². The van der Waals surface area contributed by atoms with Gasteiger partial charge in [-0.15, -0.1) is 0 Å². The Morgan fingerprint density at radius 3 is 2.59 bits per heavy atom. The van der Waals surface area contributed by atoms with Crippen molar-refractivity contribution in [3.63, 3.8) is 0 Å². The molecule has 1 aliphatic rings. The van der Waals surface area contributed by atoms with Crippen LogP contribution in [-0.4, -0.2) is 18.4 Å². The molecule has 0 aromatic heterocycles. The first kappa shape index (κ1) is 15.0. The van der Waals surface area contributed by atoms with Gasteiger partial charge in [0.1, 0.15) is 6.54 Å². The van der Waals surface area contributed by atoms with E-state index in [1.54, 1.807) is 0 Å². The van der Waals surface area contributed by atoms with E-state index in [9.17, 15) is 0 Å². The van der Waals surface area contributed by atoms with Gasteiger partial charge in [-0.2, -0.15) is 0 Å². The molecule has 4 heteroatoms. The second kappa shape index (κ2) is 6.90. The molecular weight excluding hydrogens is 290 g/mol. The van der Waals surface area contributed by atoms with Gasteiger partial charge in [0.2, 0.25) is 0 Å². The Kier molecular flexibility index (Phi) is 4.71. The van der Waals surface area contributed by atoms with Gasteiger partial charge in [-0.1, -0.05) is 55.5 Å². The molecule has 1 atom stereocenters. The van der Waals surface area contributed by atoms with Crippen LogP contribution in [-0.2, 0) is 13.0 Å². The highest BCUT2D eigenvalue weighted by molar-refractivity contribution is 7.80. The van der Waals surface area contributed by atoms with E-state index in [-0.39, 0.29) is 0 Å². The average Bonchev–Trinajstić information content (AvgIpc) is 2.57. The van der Waals surface area contributed by atoms with Crippen LogP contribution in [0.25, 0.3) is 0 Å². The number of nitrogens with one attached hydrogen (secondary N) is 2. The van der Waals surface area contributed by atoms with Crippen molar-refractivity contribution in [1.29, 1.82) is 0 Å². The first-order valence-corrected chi connectivity index (χ1v) is 8.19. The summed E-state index contributed by atoms with van der Waals surface area (Å²) in [5.41, 5.74) is 3.93. The molecule has 0 amide bonds. The summed E-state index contributed by atoms with van der Waals surface area (Å²) >= 11 is 5.54. The minimum absolute atomic E-state index is 0.831. The van der Waals surface area contributed by atoms with Crippen molar-refractivity contribution < 1.29 is 4.90 Å². The highest BCUT2D eigenvalue weighted by Gasteiger charge is 2.25. The van der Waals surface area contributed by atoms with Gasteiger partial charge in [-0.05, 0) is 30.3 Å². The Morgan fingerprint density at radius 2 is 1.82 bits per heavy atom. The fourth-order valence-electron chi connectivity index (χ4n) is 2.92. The second-order valence-corrected chi connectivity index (χ2v) is 6.03. The number of aryl methyl sites for hydroxylation is 1. The Balaban J connectivity index is 1.78. The van der Waals surface area contributed by atoms with E-state index in [1.165, 1.54) is 21.7 Å². The number of quaternary nitrogens is 1. The summed E-state index contributed by atoms with van der Waals surface area (Å²) in [6.07, 6.45) is 1.02. The van der Waals surface area contributed by atoms with Gasteiger partial charge in [0.25, 0.3) is 0 Å². The van der Waals surface area contributed by atoms with Crippen molar-refractivity contribution in [3.05, 3.63) is 65.7 Å². The third-order valence-electron chi connectivity index (χ3n) is 4.08. The molecule has 0 spiro atoms. The Bertz CT molecular complexity index is 642. The van der Waals surface area contributed by atoms with Gasteiger partial charge in [-0.3, -0.25) is 9.80 Å². The van der Waals surface area contributed by atoms with E-state index in [0.717, 1.165) is 31.4 Å². The van der Waals surface area contributed by atoms with E-state index in [4.69, 9.17) is 12.2 Å². The first-order chi connectivity index (χ1) is 10.8. The van der Waals surface area contributed by atoms with Crippen LogP contribution in [0.3, 0.4) is 0 Å². The molecule has 2 aromatic rings. The number of thiocarbonyl (C=S) groups is 1. The van der Waals surface area contributed by atoms with Crippen molar-refractivity contribution >= 4 is 23.0 Å². The Morgan fingerprint density at radius 1 is 1.09 bits per heavy atom. The molecule has 0 aliphatic carbocycles.